The number of esters is 1. The van der Waals surface area contributed by atoms with Gasteiger partial charge in [0.25, 0.3) is 5.91 Å². The molecule has 0 saturated heterocycles. The summed E-state index contributed by atoms with van der Waals surface area (Å²) >= 11 is 1.63. The number of aryl methyl sites for hydroxylation is 1. The van der Waals surface area contributed by atoms with Crippen molar-refractivity contribution in [3.05, 3.63) is 59.2 Å². The van der Waals surface area contributed by atoms with Crippen LogP contribution in [0.15, 0.2) is 42.5 Å². The van der Waals surface area contributed by atoms with E-state index >= 15 is 0 Å². The van der Waals surface area contributed by atoms with E-state index in [4.69, 9.17) is 4.74 Å². The number of carbonyl (C=O) groups is 2. The van der Waals surface area contributed by atoms with Crippen molar-refractivity contribution in [1.82, 2.24) is 5.32 Å². The smallest absolute Gasteiger partial charge is 0.328 e. The second-order valence-electron chi connectivity index (χ2n) is 13.3. The third-order valence-corrected chi connectivity index (χ3v) is 13.7. The summed E-state index contributed by atoms with van der Waals surface area (Å²) in [5, 5.41) is 2.95. The van der Waals surface area contributed by atoms with Gasteiger partial charge in [0.1, 0.15) is 6.04 Å². The lowest BCUT2D eigenvalue weighted by Gasteiger charge is -2.27. The zero-order chi connectivity index (χ0) is 31.4. The number of benzene rings is 2. The van der Waals surface area contributed by atoms with E-state index in [-0.39, 0.29) is 5.91 Å². The number of hydrogen-bond acceptors (Lipinski definition) is 5. The molecule has 2 saturated carbocycles. The summed E-state index contributed by atoms with van der Waals surface area (Å²) in [4.78, 5) is 26.2. The predicted octanol–water partition coefficient (Wildman–Crippen LogP) is 9.49. The van der Waals surface area contributed by atoms with Crippen LogP contribution in [0, 0.1) is 18.8 Å². The lowest BCUT2D eigenvalue weighted by Crippen LogP contribution is -2.42. The van der Waals surface area contributed by atoms with Gasteiger partial charge in [-0.2, -0.15) is 11.8 Å². The topological polar surface area (TPSA) is 72.5 Å². The summed E-state index contributed by atoms with van der Waals surface area (Å²) in [7, 11) is -1.10. The average Bonchev–Trinajstić information content (AvgIpc) is 3.05. The molecule has 1 N–H and O–H groups in total. The van der Waals surface area contributed by atoms with E-state index < -0.39 is 19.2 Å². The molecule has 2 fully saturated rings. The van der Waals surface area contributed by atoms with Crippen molar-refractivity contribution in [1.29, 1.82) is 0 Å². The number of thioether (sulfide) groups is 1. The molecule has 1 atom stereocenters. The molecule has 0 spiro atoms. The summed E-state index contributed by atoms with van der Waals surface area (Å²) in [5.74, 6) is 1.45. The Balaban J connectivity index is 1.61. The van der Waals surface area contributed by atoms with E-state index in [1.54, 1.807) is 11.8 Å². The molecular weight excluding hydrogens is 585 g/mol. The molecule has 2 aliphatic carbocycles. The fraction of sp³-hybridized carbons (Fsp3) is 0.622. The number of methoxy groups -OCH3 is 1. The Bertz CT molecular complexity index is 1240. The SMILES string of the molecule is COC(=O)[C@H](CCSC)NC(=O)c1ccc(CP(=O)(CCC2CCCCC2)CCC2CCCCC2)cc1-c1ccccc1C. The van der Waals surface area contributed by atoms with Crippen molar-refractivity contribution in [3.63, 3.8) is 0 Å². The first kappa shape index (κ1) is 34.8. The first-order chi connectivity index (χ1) is 21.3. The minimum Gasteiger partial charge on any atom is -0.467 e. The highest BCUT2D eigenvalue weighted by molar-refractivity contribution is 7.98. The van der Waals surface area contributed by atoms with E-state index in [2.05, 4.69) is 24.4 Å². The highest BCUT2D eigenvalue weighted by Gasteiger charge is 2.29. The van der Waals surface area contributed by atoms with Gasteiger partial charge in [-0.25, -0.2) is 4.79 Å². The number of ether oxygens (including phenoxy) is 1. The monoisotopic (exact) mass is 639 g/mol. The van der Waals surface area contributed by atoms with Gasteiger partial charge < -0.3 is 14.6 Å². The van der Waals surface area contributed by atoms with Gasteiger partial charge in [0.2, 0.25) is 0 Å². The number of hydrogen-bond donors (Lipinski definition) is 1. The van der Waals surface area contributed by atoms with Crippen LogP contribution in [0.1, 0.15) is 105 Å². The maximum absolute atomic E-state index is 14.8. The van der Waals surface area contributed by atoms with Crippen molar-refractivity contribution >= 4 is 30.8 Å². The van der Waals surface area contributed by atoms with E-state index in [1.165, 1.54) is 71.3 Å². The van der Waals surface area contributed by atoms with Crippen LogP contribution in [-0.2, 0) is 20.3 Å². The lowest BCUT2D eigenvalue weighted by atomic mass is 9.87. The number of amides is 1. The molecular formula is C37H54NO4PS. The van der Waals surface area contributed by atoms with Crippen LogP contribution in [0.2, 0.25) is 0 Å². The van der Waals surface area contributed by atoms with Crippen LogP contribution in [-0.4, -0.2) is 49.4 Å². The van der Waals surface area contributed by atoms with Gasteiger partial charge in [0, 0.05) is 24.0 Å². The zero-order valence-electron chi connectivity index (χ0n) is 27.3. The van der Waals surface area contributed by atoms with Crippen LogP contribution >= 0.6 is 18.9 Å². The van der Waals surface area contributed by atoms with Gasteiger partial charge >= 0.3 is 5.97 Å². The van der Waals surface area contributed by atoms with E-state index in [9.17, 15) is 14.2 Å². The fourth-order valence-corrected chi connectivity index (χ4v) is 10.8. The lowest BCUT2D eigenvalue weighted by molar-refractivity contribution is -0.142. The molecule has 2 aliphatic rings. The summed E-state index contributed by atoms with van der Waals surface area (Å²) in [6.45, 7) is 2.05. The van der Waals surface area contributed by atoms with Crippen LogP contribution in [0.5, 0.6) is 0 Å². The first-order valence-electron chi connectivity index (χ1n) is 17.0. The zero-order valence-corrected chi connectivity index (χ0v) is 29.0. The van der Waals surface area contributed by atoms with Gasteiger partial charge in [0.15, 0.2) is 0 Å². The number of carbonyl (C=O) groups excluding carboxylic acids is 2. The van der Waals surface area contributed by atoms with Crippen LogP contribution in [0.3, 0.4) is 0 Å². The van der Waals surface area contributed by atoms with Crippen molar-refractivity contribution < 1.29 is 18.9 Å². The Kier molecular flexibility index (Phi) is 13.9. The third-order valence-electron chi connectivity index (χ3n) is 9.98. The predicted molar refractivity (Wildman–Crippen MR) is 186 cm³/mol. The molecule has 4 rings (SSSR count). The Labute approximate surface area is 270 Å². The molecule has 0 heterocycles. The van der Waals surface area contributed by atoms with E-state index in [0.29, 0.717) is 30.0 Å². The van der Waals surface area contributed by atoms with Crippen molar-refractivity contribution in [2.45, 2.75) is 103 Å². The van der Waals surface area contributed by atoms with E-state index in [0.717, 1.165) is 53.2 Å². The number of nitrogens with one attached hydrogen (secondary N) is 1. The molecule has 0 aliphatic heterocycles. The van der Waals surface area contributed by atoms with Gasteiger partial charge in [-0.15, -0.1) is 0 Å². The molecule has 2 aromatic carbocycles. The molecule has 0 radical (unpaired) electrons. The molecule has 242 valence electrons. The maximum Gasteiger partial charge on any atom is 0.328 e. The Morgan fingerprint density at radius 3 is 2.09 bits per heavy atom. The second kappa shape index (κ2) is 17.6. The third kappa shape index (κ3) is 10.2. The highest BCUT2D eigenvalue weighted by atomic mass is 32.2. The van der Waals surface area contributed by atoms with Crippen molar-refractivity contribution in [3.8, 4) is 11.1 Å². The van der Waals surface area contributed by atoms with Gasteiger partial charge in [-0.05, 0) is 84.4 Å². The standard InChI is InChI=1S/C37H54NO4PS/c1-28-12-10-11-17-32(28)34-26-31(18-19-33(34)36(39)38-35(22-25-44-3)37(40)42-2)27-43(41,23-20-29-13-6-4-7-14-29)24-21-30-15-8-5-9-16-30/h10-12,17-19,26,29-30,35H,4-9,13-16,20-25,27H2,1-3H3,(H,38,39)/t35-/m0/s1. The molecule has 5 nitrogen and oxygen atoms in total. The molecule has 7 heteroatoms. The molecule has 0 unspecified atom stereocenters. The van der Waals surface area contributed by atoms with Crippen molar-refractivity contribution in [2.75, 3.05) is 31.4 Å². The average molecular weight is 640 g/mol. The Morgan fingerprint density at radius 2 is 1.52 bits per heavy atom. The summed E-state index contributed by atoms with van der Waals surface area (Å²) < 4.78 is 19.8. The minimum atomic E-state index is -2.45. The minimum absolute atomic E-state index is 0.288. The highest BCUT2D eigenvalue weighted by Crippen LogP contribution is 2.53. The number of rotatable bonds is 15. The largest absolute Gasteiger partial charge is 0.467 e. The van der Waals surface area contributed by atoms with Crippen LogP contribution < -0.4 is 5.32 Å². The maximum atomic E-state index is 14.8. The quantitative estimate of drug-likeness (QED) is 0.155. The molecule has 0 aromatic heterocycles. The molecule has 44 heavy (non-hydrogen) atoms. The molecule has 1 amide bonds. The Hall–Kier alpha value is -2.04. The van der Waals surface area contributed by atoms with Gasteiger partial charge in [-0.3, -0.25) is 4.79 Å². The first-order valence-corrected chi connectivity index (χ1v) is 20.6. The van der Waals surface area contributed by atoms with Gasteiger partial charge in [-0.1, -0.05) is 94.5 Å². The Morgan fingerprint density at radius 1 is 0.909 bits per heavy atom. The summed E-state index contributed by atoms with van der Waals surface area (Å²) in [5.41, 5.74) is 4.46. The van der Waals surface area contributed by atoms with Crippen LogP contribution in [0.25, 0.3) is 11.1 Å². The van der Waals surface area contributed by atoms with E-state index in [1.807, 2.05) is 36.6 Å². The summed E-state index contributed by atoms with van der Waals surface area (Å²) in [6, 6.07) is 13.4. The second-order valence-corrected chi connectivity index (χ2v) is 17.6. The molecule has 0 bridgehead atoms. The van der Waals surface area contributed by atoms with Crippen molar-refractivity contribution in [2.24, 2.45) is 11.8 Å². The fourth-order valence-electron chi connectivity index (χ4n) is 7.24. The normalized spacial score (nSPS) is 17.2. The van der Waals surface area contributed by atoms with Crippen LogP contribution in [0.4, 0.5) is 0 Å². The van der Waals surface area contributed by atoms with Gasteiger partial charge in [0.05, 0.1) is 14.3 Å². The summed E-state index contributed by atoms with van der Waals surface area (Å²) in [6.07, 6.45) is 20.0. The molecule has 2 aromatic rings.